The van der Waals surface area contributed by atoms with Crippen LogP contribution in [0.2, 0.25) is 0 Å². The van der Waals surface area contributed by atoms with E-state index in [1.807, 2.05) is 23.8 Å². The topological polar surface area (TPSA) is 47.6 Å². The molecule has 2 N–H and O–H groups in total. The second-order valence-corrected chi connectivity index (χ2v) is 3.33. The Labute approximate surface area is 85.4 Å². The summed E-state index contributed by atoms with van der Waals surface area (Å²) in [6.45, 7) is 9.13. The van der Waals surface area contributed by atoms with Crippen molar-refractivity contribution in [2.24, 2.45) is 0 Å². The van der Waals surface area contributed by atoms with E-state index < -0.39 is 0 Å². The lowest BCUT2D eigenvalue weighted by atomic mass is 10.4. The zero-order valence-corrected chi connectivity index (χ0v) is 9.05. The van der Waals surface area contributed by atoms with Gasteiger partial charge < -0.3 is 10.2 Å². The number of hydrazine groups is 1. The fourth-order valence-corrected chi connectivity index (χ4v) is 1.46. The number of carbonyl (C=O) groups is 1. The van der Waals surface area contributed by atoms with Crippen LogP contribution in [-0.4, -0.2) is 55.2 Å². The lowest BCUT2D eigenvalue weighted by Crippen LogP contribution is -2.54. The highest BCUT2D eigenvalue weighted by atomic mass is 16.2. The molecule has 0 aliphatic carbocycles. The zero-order chi connectivity index (χ0) is 10.4. The molecular weight excluding hydrogens is 180 g/mol. The molecule has 1 rings (SSSR count). The molecule has 5 nitrogen and oxygen atoms in total. The van der Waals surface area contributed by atoms with Crippen LogP contribution in [0.4, 0.5) is 4.79 Å². The van der Waals surface area contributed by atoms with Gasteiger partial charge in [0.05, 0.1) is 0 Å². The van der Waals surface area contributed by atoms with Crippen molar-refractivity contribution in [3.8, 4) is 0 Å². The second kappa shape index (κ2) is 5.82. The van der Waals surface area contributed by atoms with Gasteiger partial charge in [-0.3, -0.25) is 5.43 Å². The number of nitrogens with one attached hydrogen (secondary N) is 2. The summed E-state index contributed by atoms with van der Waals surface area (Å²) >= 11 is 0. The normalized spacial score (nSPS) is 17.2. The summed E-state index contributed by atoms with van der Waals surface area (Å²) < 4.78 is 0. The zero-order valence-electron chi connectivity index (χ0n) is 9.05. The molecule has 1 aliphatic rings. The Balaban J connectivity index is 2.32. The Morgan fingerprint density at radius 3 is 2.43 bits per heavy atom. The Bertz CT molecular complexity index is 176. The minimum atomic E-state index is 0.0233. The van der Waals surface area contributed by atoms with E-state index in [1.54, 1.807) is 0 Å². The van der Waals surface area contributed by atoms with Gasteiger partial charge in [-0.05, 0) is 0 Å². The molecular formula is C9H20N4O. The van der Waals surface area contributed by atoms with Crippen molar-refractivity contribution in [3.05, 3.63) is 0 Å². The largest absolute Gasteiger partial charge is 0.332 e. The summed E-state index contributed by atoms with van der Waals surface area (Å²) in [5, 5.41) is 5.12. The first kappa shape index (κ1) is 11.3. The number of carbonyl (C=O) groups excluding carboxylic acids is 1. The van der Waals surface area contributed by atoms with Gasteiger partial charge in [0, 0.05) is 39.3 Å². The number of piperazine rings is 1. The smallest absolute Gasteiger partial charge is 0.321 e. The molecule has 0 aromatic rings. The number of hydrogen-bond donors (Lipinski definition) is 2. The predicted molar refractivity (Wildman–Crippen MR) is 55.9 cm³/mol. The van der Waals surface area contributed by atoms with Crippen LogP contribution < -0.4 is 10.7 Å². The van der Waals surface area contributed by atoms with Crippen molar-refractivity contribution >= 4 is 6.03 Å². The van der Waals surface area contributed by atoms with Crippen LogP contribution in [0.25, 0.3) is 0 Å². The summed E-state index contributed by atoms with van der Waals surface area (Å²) in [5.41, 5.74) is 2.88. The summed E-state index contributed by atoms with van der Waals surface area (Å²) in [6, 6.07) is 0.0233. The van der Waals surface area contributed by atoms with Crippen LogP contribution in [0.5, 0.6) is 0 Å². The second-order valence-electron chi connectivity index (χ2n) is 3.33. The molecule has 0 radical (unpaired) electrons. The van der Waals surface area contributed by atoms with E-state index >= 15 is 0 Å². The van der Waals surface area contributed by atoms with E-state index in [2.05, 4.69) is 10.7 Å². The van der Waals surface area contributed by atoms with Gasteiger partial charge >= 0.3 is 6.03 Å². The molecule has 14 heavy (non-hydrogen) atoms. The van der Waals surface area contributed by atoms with Crippen molar-refractivity contribution in [3.63, 3.8) is 0 Å². The quantitative estimate of drug-likeness (QED) is 0.623. The van der Waals surface area contributed by atoms with Crippen LogP contribution in [0.1, 0.15) is 13.8 Å². The van der Waals surface area contributed by atoms with Crippen molar-refractivity contribution in [2.45, 2.75) is 13.8 Å². The first-order valence-electron chi connectivity index (χ1n) is 5.29. The Hall–Kier alpha value is -0.810. The summed E-state index contributed by atoms with van der Waals surface area (Å²) in [4.78, 5) is 13.5. The Kier molecular flexibility index (Phi) is 4.69. The third kappa shape index (κ3) is 3.16. The number of rotatable bonds is 3. The van der Waals surface area contributed by atoms with Crippen molar-refractivity contribution in [1.82, 2.24) is 20.7 Å². The van der Waals surface area contributed by atoms with Gasteiger partial charge in [-0.15, -0.1) is 0 Å². The standard InChI is InChI=1S/C9H20N4O/c1-3-13(4-2)11-9(14)12-7-5-10-6-8-12/h10H,3-8H2,1-2H3,(H,11,14). The molecule has 1 aliphatic heterocycles. The average molecular weight is 200 g/mol. The van der Waals surface area contributed by atoms with Crippen molar-refractivity contribution < 1.29 is 4.79 Å². The maximum absolute atomic E-state index is 11.7. The van der Waals surface area contributed by atoms with Gasteiger partial charge in [0.1, 0.15) is 0 Å². The number of nitrogens with zero attached hydrogens (tertiary/aromatic N) is 2. The average Bonchev–Trinajstić information content (AvgIpc) is 2.26. The molecule has 0 unspecified atom stereocenters. The first-order valence-corrected chi connectivity index (χ1v) is 5.29. The van der Waals surface area contributed by atoms with Crippen LogP contribution in [-0.2, 0) is 0 Å². The van der Waals surface area contributed by atoms with E-state index in [9.17, 15) is 4.79 Å². The number of urea groups is 1. The maximum atomic E-state index is 11.7. The molecule has 82 valence electrons. The Morgan fingerprint density at radius 2 is 1.93 bits per heavy atom. The monoisotopic (exact) mass is 200 g/mol. The fourth-order valence-electron chi connectivity index (χ4n) is 1.46. The van der Waals surface area contributed by atoms with Gasteiger partial charge in [0.25, 0.3) is 0 Å². The minimum absolute atomic E-state index is 0.0233. The molecule has 0 spiro atoms. The highest BCUT2D eigenvalue weighted by Gasteiger charge is 2.16. The predicted octanol–water partition coefficient (Wildman–Crippen LogP) is -0.142. The SMILES string of the molecule is CCN(CC)NC(=O)N1CCNCC1. The van der Waals surface area contributed by atoms with E-state index in [0.717, 1.165) is 39.3 Å². The van der Waals surface area contributed by atoms with Gasteiger partial charge in [-0.2, -0.15) is 0 Å². The number of amides is 2. The van der Waals surface area contributed by atoms with Crippen LogP contribution in [0.15, 0.2) is 0 Å². The van der Waals surface area contributed by atoms with Crippen molar-refractivity contribution in [2.75, 3.05) is 39.3 Å². The lowest BCUT2D eigenvalue weighted by Gasteiger charge is -2.30. The first-order chi connectivity index (χ1) is 6.77. The lowest BCUT2D eigenvalue weighted by molar-refractivity contribution is 0.147. The third-order valence-corrected chi connectivity index (χ3v) is 2.42. The van der Waals surface area contributed by atoms with Crippen LogP contribution >= 0.6 is 0 Å². The summed E-state index contributed by atoms with van der Waals surface area (Å²) in [6.07, 6.45) is 0. The molecule has 1 fully saturated rings. The highest BCUT2D eigenvalue weighted by molar-refractivity contribution is 5.73. The van der Waals surface area contributed by atoms with E-state index in [0.29, 0.717) is 0 Å². The van der Waals surface area contributed by atoms with Gasteiger partial charge in [0.15, 0.2) is 0 Å². The number of hydrogen-bond acceptors (Lipinski definition) is 3. The molecule has 1 heterocycles. The van der Waals surface area contributed by atoms with E-state index in [4.69, 9.17) is 0 Å². The van der Waals surface area contributed by atoms with E-state index in [1.165, 1.54) is 0 Å². The molecule has 0 saturated carbocycles. The van der Waals surface area contributed by atoms with Crippen LogP contribution in [0, 0.1) is 0 Å². The third-order valence-electron chi connectivity index (χ3n) is 2.42. The summed E-state index contributed by atoms with van der Waals surface area (Å²) in [7, 11) is 0. The Morgan fingerprint density at radius 1 is 1.36 bits per heavy atom. The van der Waals surface area contributed by atoms with Gasteiger partial charge in [-0.1, -0.05) is 13.8 Å². The molecule has 0 bridgehead atoms. The van der Waals surface area contributed by atoms with Gasteiger partial charge in [0.2, 0.25) is 0 Å². The van der Waals surface area contributed by atoms with Gasteiger partial charge in [-0.25, -0.2) is 9.80 Å². The summed E-state index contributed by atoms with van der Waals surface area (Å²) in [5.74, 6) is 0. The minimum Gasteiger partial charge on any atom is -0.321 e. The molecule has 0 aromatic carbocycles. The molecule has 5 heteroatoms. The molecule has 0 atom stereocenters. The van der Waals surface area contributed by atoms with Crippen molar-refractivity contribution in [1.29, 1.82) is 0 Å². The maximum Gasteiger partial charge on any atom is 0.332 e. The van der Waals surface area contributed by atoms with E-state index in [-0.39, 0.29) is 6.03 Å². The van der Waals surface area contributed by atoms with Crippen LogP contribution in [0.3, 0.4) is 0 Å². The molecule has 1 saturated heterocycles. The molecule has 0 aromatic heterocycles. The fraction of sp³-hybridized carbons (Fsp3) is 0.889. The highest BCUT2D eigenvalue weighted by Crippen LogP contribution is 1.93. The molecule has 2 amide bonds.